The van der Waals surface area contributed by atoms with Crippen molar-refractivity contribution in [2.45, 2.75) is 44.4 Å². The zero-order valence-corrected chi connectivity index (χ0v) is 17.8. The van der Waals surface area contributed by atoms with Crippen LogP contribution in [0.4, 0.5) is 15.3 Å². The van der Waals surface area contributed by atoms with Crippen molar-refractivity contribution < 1.29 is 27.5 Å². The van der Waals surface area contributed by atoms with Gasteiger partial charge in [-0.15, -0.1) is 0 Å². The molecule has 2 atom stereocenters. The van der Waals surface area contributed by atoms with Crippen LogP contribution in [0.2, 0.25) is 0 Å². The molecule has 0 spiro atoms. The van der Waals surface area contributed by atoms with Gasteiger partial charge in [-0.1, -0.05) is 24.3 Å². The van der Waals surface area contributed by atoms with Crippen molar-refractivity contribution >= 4 is 27.9 Å². The number of alkyl carbamates (subject to hydrolysis) is 1. The van der Waals surface area contributed by atoms with Crippen molar-refractivity contribution in [3.63, 3.8) is 0 Å². The lowest BCUT2D eigenvalue weighted by molar-refractivity contribution is 0.0795. The number of fused-ring (bicyclic) bond motifs is 2. The van der Waals surface area contributed by atoms with E-state index in [1.807, 2.05) is 24.3 Å². The second kappa shape index (κ2) is 7.83. The van der Waals surface area contributed by atoms with Crippen LogP contribution >= 0.6 is 0 Å². The molecule has 10 heteroatoms. The summed E-state index contributed by atoms with van der Waals surface area (Å²) in [6, 6.07) is 7.32. The molecule has 1 aliphatic carbocycles. The topological polar surface area (TPSA) is 105 Å². The van der Waals surface area contributed by atoms with Crippen LogP contribution in [0, 0.1) is 5.92 Å². The molecule has 2 saturated heterocycles. The van der Waals surface area contributed by atoms with Gasteiger partial charge >= 0.3 is 12.2 Å². The molecule has 1 N–H and O–H groups in total. The third-order valence-electron chi connectivity index (χ3n) is 6.63. The summed E-state index contributed by atoms with van der Waals surface area (Å²) >= 11 is 0. The Kier molecular flexibility index (Phi) is 5.13. The molecule has 31 heavy (non-hydrogen) atoms. The summed E-state index contributed by atoms with van der Waals surface area (Å²) in [5.41, 5.74) is 1.80. The minimum atomic E-state index is -3.61. The minimum Gasteiger partial charge on any atom is -0.449 e. The maximum atomic E-state index is 13.3. The maximum absolute atomic E-state index is 13.3. The van der Waals surface area contributed by atoms with E-state index in [1.165, 1.54) is 4.31 Å². The Morgan fingerprint density at radius 3 is 2.65 bits per heavy atom. The van der Waals surface area contributed by atoms with E-state index in [2.05, 4.69) is 5.32 Å². The normalized spacial score (nSPS) is 27.4. The van der Waals surface area contributed by atoms with Crippen LogP contribution < -0.4 is 10.2 Å². The van der Waals surface area contributed by atoms with Crippen LogP contribution in [0.5, 0.6) is 0 Å². The Hall–Kier alpha value is -2.59. The highest BCUT2D eigenvalue weighted by Crippen LogP contribution is 2.35. The summed E-state index contributed by atoms with van der Waals surface area (Å²) in [7, 11) is -3.61. The molecule has 1 aromatic rings. The molecule has 1 aromatic carbocycles. The molecule has 5 rings (SSSR count). The van der Waals surface area contributed by atoms with Crippen molar-refractivity contribution in [3.8, 4) is 0 Å². The molecule has 2 amide bonds. The summed E-state index contributed by atoms with van der Waals surface area (Å²) in [4.78, 5) is 26.0. The second-order valence-electron chi connectivity index (χ2n) is 8.41. The average Bonchev–Trinajstić information content (AvgIpc) is 2.78. The lowest BCUT2D eigenvalue weighted by atomic mass is 9.89. The van der Waals surface area contributed by atoms with Gasteiger partial charge in [-0.25, -0.2) is 18.0 Å². The number of benzene rings is 1. The van der Waals surface area contributed by atoms with E-state index in [-0.39, 0.29) is 37.1 Å². The van der Waals surface area contributed by atoms with E-state index in [1.54, 1.807) is 11.0 Å². The number of hydrogen-bond donors (Lipinski definition) is 1. The van der Waals surface area contributed by atoms with Gasteiger partial charge in [0.15, 0.2) is 0 Å². The number of amides is 2. The number of allylic oxidation sites excluding steroid dienone is 1. The fraction of sp³-hybridized carbons (Fsp3) is 0.524. The second-order valence-corrected chi connectivity index (χ2v) is 10.4. The van der Waals surface area contributed by atoms with Crippen LogP contribution in [0.15, 0.2) is 35.2 Å². The Morgan fingerprint density at radius 1 is 1.06 bits per heavy atom. The molecule has 0 saturated carbocycles. The highest BCUT2D eigenvalue weighted by molar-refractivity contribution is 7.93. The zero-order valence-electron chi connectivity index (χ0n) is 17.0. The molecular formula is C21H25N3O6S. The third kappa shape index (κ3) is 3.67. The standard InChI is InChI=1S/C21H25N3O6S/c25-20-22-18-11-17(6-5-14(18)12-29-20)31(27,28)23-9-7-16(8-10-23)24-19-4-2-1-3-15(19)13-30-21(24)26/h1-4,6,14,16,18H,5,7-13H2,(H,22,25). The van der Waals surface area contributed by atoms with E-state index in [0.29, 0.717) is 43.9 Å². The molecule has 2 unspecified atom stereocenters. The van der Waals surface area contributed by atoms with E-state index in [4.69, 9.17) is 9.47 Å². The molecule has 166 valence electrons. The average molecular weight is 448 g/mol. The monoisotopic (exact) mass is 447 g/mol. The van der Waals surface area contributed by atoms with Crippen molar-refractivity contribution in [1.29, 1.82) is 0 Å². The van der Waals surface area contributed by atoms with Gasteiger partial charge in [0.25, 0.3) is 0 Å². The summed E-state index contributed by atoms with van der Waals surface area (Å²) in [6.07, 6.45) is 2.81. The first-order valence-electron chi connectivity index (χ1n) is 10.6. The Bertz CT molecular complexity index is 1030. The van der Waals surface area contributed by atoms with E-state index >= 15 is 0 Å². The number of nitrogens with one attached hydrogen (secondary N) is 1. The van der Waals surface area contributed by atoms with Gasteiger partial charge in [-0.05, 0) is 25.3 Å². The highest BCUT2D eigenvalue weighted by atomic mass is 32.2. The van der Waals surface area contributed by atoms with Crippen LogP contribution in [-0.2, 0) is 26.1 Å². The number of cyclic esters (lactones) is 2. The number of hydrogen-bond acceptors (Lipinski definition) is 6. The van der Waals surface area contributed by atoms with Crippen LogP contribution in [-0.4, -0.2) is 56.7 Å². The van der Waals surface area contributed by atoms with E-state index in [0.717, 1.165) is 11.3 Å². The molecule has 2 fully saturated rings. The van der Waals surface area contributed by atoms with Gasteiger partial charge in [-0.3, -0.25) is 4.90 Å². The van der Waals surface area contributed by atoms with Gasteiger partial charge in [-0.2, -0.15) is 4.31 Å². The number of sulfonamides is 1. The molecule has 0 radical (unpaired) electrons. The largest absolute Gasteiger partial charge is 0.449 e. The number of rotatable bonds is 3. The first kappa shape index (κ1) is 20.3. The number of anilines is 1. The SMILES string of the molecule is O=C1NC2CC(S(=O)(=O)N3CCC(N4C(=O)OCc5ccccc54)CC3)=CCC2CO1. The number of carbonyl (C=O) groups is 2. The minimum absolute atomic E-state index is 0.104. The van der Waals surface area contributed by atoms with Gasteiger partial charge in [0.1, 0.15) is 6.61 Å². The summed E-state index contributed by atoms with van der Waals surface area (Å²) in [6.45, 7) is 1.25. The fourth-order valence-corrected chi connectivity index (χ4v) is 6.60. The van der Waals surface area contributed by atoms with Gasteiger partial charge < -0.3 is 14.8 Å². The van der Waals surface area contributed by atoms with E-state index in [9.17, 15) is 18.0 Å². The first-order chi connectivity index (χ1) is 14.9. The highest BCUT2D eigenvalue weighted by Gasteiger charge is 2.40. The quantitative estimate of drug-likeness (QED) is 0.763. The Morgan fingerprint density at radius 2 is 1.84 bits per heavy atom. The van der Waals surface area contributed by atoms with Crippen LogP contribution in [0.25, 0.3) is 0 Å². The van der Waals surface area contributed by atoms with E-state index < -0.39 is 16.1 Å². The lowest BCUT2D eigenvalue weighted by Crippen LogP contribution is -2.52. The number of para-hydroxylation sites is 1. The lowest BCUT2D eigenvalue weighted by Gasteiger charge is -2.40. The summed E-state index contributed by atoms with van der Waals surface area (Å²) in [5, 5.41) is 2.74. The first-order valence-corrected chi connectivity index (χ1v) is 12.0. The smallest absolute Gasteiger partial charge is 0.414 e. The molecule has 3 heterocycles. The summed E-state index contributed by atoms with van der Waals surface area (Å²) < 4.78 is 38.3. The number of piperidine rings is 1. The summed E-state index contributed by atoms with van der Waals surface area (Å²) in [5.74, 6) is 0.104. The maximum Gasteiger partial charge on any atom is 0.414 e. The Labute approximate surface area is 181 Å². The van der Waals surface area contributed by atoms with Gasteiger partial charge in [0, 0.05) is 43.1 Å². The molecule has 9 nitrogen and oxygen atoms in total. The molecule has 4 aliphatic rings. The number of ether oxygens (including phenoxy) is 2. The van der Waals surface area contributed by atoms with Crippen molar-refractivity contribution in [2.24, 2.45) is 5.92 Å². The molecule has 3 aliphatic heterocycles. The predicted molar refractivity (Wildman–Crippen MR) is 112 cm³/mol. The van der Waals surface area contributed by atoms with Crippen molar-refractivity contribution in [3.05, 3.63) is 40.8 Å². The van der Waals surface area contributed by atoms with Crippen molar-refractivity contribution in [2.75, 3.05) is 24.6 Å². The third-order valence-corrected chi connectivity index (χ3v) is 8.67. The number of carbonyl (C=O) groups excluding carboxylic acids is 2. The number of nitrogens with zero attached hydrogens (tertiary/aromatic N) is 2. The fourth-order valence-electron chi connectivity index (χ4n) is 4.88. The molecule has 0 bridgehead atoms. The van der Waals surface area contributed by atoms with Crippen molar-refractivity contribution in [1.82, 2.24) is 9.62 Å². The molecular weight excluding hydrogens is 422 g/mol. The predicted octanol–water partition coefficient (Wildman–Crippen LogP) is 2.34. The van der Waals surface area contributed by atoms with Gasteiger partial charge in [0.05, 0.1) is 17.2 Å². The van der Waals surface area contributed by atoms with Crippen LogP contribution in [0.1, 0.15) is 31.2 Å². The van der Waals surface area contributed by atoms with Crippen LogP contribution in [0.3, 0.4) is 0 Å². The Balaban J connectivity index is 1.28. The zero-order chi connectivity index (χ0) is 21.6. The molecule has 0 aromatic heterocycles. The van der Waals surface area contributed by atoms with Gasteiger partial charge in [0.2, 0.25) is 10.0 Å².